The standard InChI is InChI=1S/C12H20N2O3/c1-4-17-10-7-5-9(6-8-10)11(14-13)12(15-2)16-3/h5-8,11-12,14H,4,13H2,1-3H3. The van der Waals surface area contributed by atoms with Crippen LogP contribution in [0.15, 0.2) is 24.3 Å². The Bertz CT molecular complexity index is 312. The molecule has 0 heterocycles. The van der Waals surface area contributed by atoms with Crippen molar-refractivity contribution in [3.63, 3.8) is 0 Å². The second kappa shape index (κ2) is 7.24. The van der Waals surface area contributed by atoms with Gasteiger partial charge in [-0.15, -0.1) is 0 Å². The largest absolute Gasteiger partial charge is 0.494 e. The van der Waals surface area contributed by atoms with Crippen LogP contribution in [0.5, 0.6) is 5.75 Å². The summed E-state index contributed by atoms with van der Waals surface area (Å²) in [6, 6.07) is 7.43. The second-order valence-corrected chi connectivity index (χ2v) is 3.49. The van der Waals surface area contributed by atoms with Gasteiger partial charge in [0, 0.05) is 14.2 Å². The van der Waals surface area contributed by atoms with Gasteiger partial charge in [0.2, 0.25) is 0 Å². The third-order valence-electron chi connectivity index (χ3n) is 2.47. The Morgan fingerprint density at radius 1 is 1.18 bits per heavy atom. The minimum absolute atomic E-state index is 0.222. The molecule has 1 unspecified atom stereocenters. The van der Waals surface area contributed by atoms with Crippen LogP contribution >= 0.6 is 0 Å². The highest BCUT2D eigenvalue weighted by Gasteiger charge is 2.21. The van der Waals surface area contributed by atoms with Crippen LogP contribution in [-0.2, 0) is 9.47 Å². The predicted octanol–water partition coefficient (Wildman–Crippen LogP) is 1.21. The van der Waals surface area contributed by atoms with Crippen LogP contribution in [0, 0.1) is 0 Å². The summed E-state index contributed by atoms with van der Waals surface area (Å²) in [5.41, 5.74) is 3.66. The van der Waals surface area contributed by atoms with Gasteiger partial charge in [-0.3, -0.25) is 5.84 Å². The van der Waals surface area contributed by atoms with Gasteiger partial charge in [0.1, 0.15) is 5.75 Å². The highest BCUT2D eigenvalue weighted by atomic mass is 16.7. The van der Waals surface area contributed by atoms with Crippen molar-refractivity contribution in [3.05, 3.63) is 29.8 Å². The number of hydrogen-bond donors (Lipinski definition) is 2. The Hall–Kier alpha value is -1.14. The van der Waals surface area contributed by atoms with Crippen LogP contribution in [0.2, 0.25) is 0 Å². The fraction of sp³-hybridized carbons (Fsp3) is 0.500. The Balaban J connectivity index is 2.81. The molecule has 17 heavy (non-hydrogen) atoms. The maximum absolute atomic E-state index is 5.51. The van der Waals surface area contributed by atoms with E-state index in [4.69, 9.17) is 20.1 Å². The zero-order valence-electron chi connectivity index (χ0n) is 10.5. The number of rotatable bonds is 7. The molecular weight excluding hydrogens is 220 g/mol. The van der Waals surface area contributed by atoms with Crippen LogP contribution in [0.4, 0.5) is 0 Å². The normalized spacial score (nSPS) is 12.8. The van der Waals surface area contributed by atoms with E-state index in [9.17, 15) is 0 Å². The summed E-state index contributed by atoms with van der Waals surface area (Å²) in [6.45, 7) is 2.60. The van der Waals surface area contributed by atoms with E-state index >= 15 is 0 Å². The Morgan fingerprint density at radius 2 is 1.76 bits per heavy atom. The molecule has 0 aliphatic rings. The molecule has 5 heteroatoms. The van der Waals surface area contributed by atoms with Crippen LogP contribution < -0.4 is 16.0 Å². The lowest BCUT2D eigenvalue weighted by atomic mass is 10.1. The molecule has 0 spiro atoms. The number of methoxy groups -OCH3 is 2. The minimum atomic E-state index is -0.432. The summed E-state index contributed by atoms with van der Waals surface area (Å²) >= 11 is 0. The van der Waals surface area contributed by atoms with E-state index < -0.39 is 6.29 Å². The molecule has 96 valence electrons. The van der Waals surface area contributed by atoms with Crippen molar-refractivity contribution in [2.24, 2.45) is 5.84 Å². The SMILES string of the molecule is CCOc1ccc(C(NN)C(OC)OC)cc1. The molecule has 3 N–H and O–H groups in total. The lowest BCUT2D eigenvalue weighted by Crippen LogP contribution is -2.38. The lowest BCUT2D eigenvalue weighted by molar-refractivity contribution is -0.124. The molecule has 1 aromatic rings. The maximum atomic E-state index is 5.51. The quantitative estimate of drug-likeness (QED) is 0.426. The Morgan fingerprint density at radius 3 is 2.18 bits per heavy atom. The molecule has 0 aliphatic carbocycles. The zero-order valence-corrected chi connectivity index (χ0v) is 10.5. The first-order valence-corrected chi connectivity index (χ1v) is 5.51. The van der Waals surface area contributed by atoms with Gasteiger partial charge in [0.05, 0.1) is 12.6 Å². The van der Waals surface area contributed by atoms with Crippen molar-refractivity contribution in [3.8, 4) is 5.75 Å². The van der Waals surface area contributed by atoms with E-state index in [0.717, 1.165) is 11.3 Å². The molecule has 1 rings (SSSR count). The third kappa shape index (κ3) is 3.67. The molecule has 0 saturated heterocycles. The van der Waals surface area contributed by atoms with Crippen molar-refractivity contribution < 1.29 is 14.2 Å². The average Bonchev–Trinajstić information content (AvgIpc) is 2.37. The van der Waals surface area contributed by atoms with Gasteiger partial charge in [-0.05, 0) is 24.6 Å². The Kier molecular flexibility index (Phi) is 5.93. The first kappa shape index (κ1) is 13.9. The molecule has 0 bridgehead atoms. The first-order chi connectivity index (χ1) is 8.26. The summed E-state index contributed by atoms with van der Waals surface area (Å²) in [5, 5.41) is 0. The number of nitrogens with two attached hydrogens (primary N) is 1. The highest BCUT2D eigenvalue weighted by molar-refractivity contribution is 5.29. The minimum Gasteiger partial charge on any atom is -0.494 e. The van der Waals surface area contributed by atoms with E-state index in [1.54, 1.807) is 14.2 Å². The Labute approximate surface area is 102 Å². The number of nitrogens with one attached hydrogen (secondary N) is 1. The van der Waals surface area contributed by atoms with Crippen molar-refractivity contribution in [2.75, 3.05) is 20.8 Å². The monoisotopic (exact) mass is 240 g/mol. The number of benzene rings is 1. The second-order valence-electron chi connectivity index (χ2n) is 3.49. The summed E-state index contributed by atoms with van der Waals surface area (Å²) in [4.78, 5) is 0. The van der Waals surface area contributed by atoms with Crippen LogP contribution in [-0.4, -0.2) is 27.1 Å². The molecular formula is C12H20N2O3. The molecule has 0 amide bonds. The molecule has 0 saturated carbocycles. The van der Waals surface area contributed by atoms with Gasteiger partial charge in [-0.25, -0.2) is 5.43 Å². The van der Waals surface area contributed by atoms with Crippen molar-refractivity contribution in [1.29, 1.82) is 0 Å². The molecule has 0 radical (unpaired) electrons. The van der Waals surface area contributed by atoms with Gasteiger partial charge in [0.15, 0.2) is 6.29 Å². The van der Waals surface area contributed by atoms with Crippen LogP contribution in [0.25, 0.3) is 0 Å². The summed E-state index contributed by atoms with van der Waals surface area (Å²) in [7, 11) is 3.15. The van der Waals surface area contributed by atoms with E-state index in [1.807, 2.05) is 31.2 Å². The van der Waals surface area contributed by atoms with Crippen molar-refractivity contribution in [1.82, 2.24) is 5.43 Å². The average molecular weight is 240 g/mol. The van der Waals surface area contributed by atoms with E-state index in [2.05, 4.69) is 5.43 Å². The smallest absolute Gasteiger partial charge is 0.177 e. The summed E-state index contributed by atoms with van der Waals surface area (Å²) in [6.07, 6.45) is -0.432. The van der Waals surface area contributed by atoms with Crippen molar-refractivity contribution in [2.45, 2.75) is 19.3 Å². The highest BCUT2D eigenvalue weighted by Crippen LogP contribution is 2.21. The lowest BCUT2D eigenvalue weighted by Gasteiger charge is -2.24. The molecule has 5 nitrogen and oxygen atoms in total. The molecule has 1 atom stereocenters. The van der Waals surface area contributed by atoms with Crippen LogP contribution in [0.1, 0.15) is 18.5 Å². The number of ether oxygens (including phenoxy) is 3. The van der Waals surface area contributed by atoms with Crippen LogP contribution in [0.3, 0.4) is 0 Å². The van der Waals surface area contributed by atoms with E-state index in [-0.39, 0.29) is 6.04 Å². The zero-order chi connectivity index (χ0) is 12.7. The van der Waals surface area contributed by atoms with E-state index in [1.165, 1.54) is 0 Å². The van der Waals surface area contributed by atoms with Gasteiger partial charge in [0.25, 0.3) is 0 Å². The summed E-state index contributed by atoms with van der Waals surface area (Å²) in [5.74, 6) is 6.34. The first-order valence-electron chi connectivity index (χ1n) is 5.51. The maximum Gasteiger partial charge on any atom is 0.177 e. The number of hydrogen-bond acceptors (Lipinski definition) is 5. The van der Waals surface area contributed by atoms with E-state index in [0.29, 0.717) is 6.61 Å². The third-order valence-corrected chi connectivity index (χ3v) is 2.47. The molecule has 0 aliphatic heterocycles. The van der Waals surface area contributed by atoms with Gasteiger partial charge in [-0.1, -0.05) is 12.1 Å². The summed E-state index contributed by atoms with van der Waals surface area (Å²) < 4.78 is 15.8. The molecule has 0 aromatic heterocycles. The fourth-order valence-corrected chi connectivity index (χ4v) is 1.64. The van der Waals surface area contributed by atoms with Gasteiger partial charge < -0.3 is 14.2 Å². The van der Waals surface area contributed by atoms with Crippen molar-refractivity contribution >= 4 is 0 Å². The van der Waals surface area contributed by atoms with Gasteiger partial charge >= 0.3 is 0 Å². The number of hydrazine groups is 1. The molecule has 1 aromatic carbocycles. The van der Waals surface area contributed by atoms with Gasteiger partial charge in [-0.2, -0.15) is 0 Å². The fourth-order valence-electron chi connectivity index (χ4n) is 1.64. The topological polar surface area (TPSA) is 65.7 Å². The molecule has 0 fully saturated rings. The predicted molar refractivity (Wildman–Crippen MR) is 65.5 cm³/mol.